The summed E-state index contributed by atoms with van der Waals surface area (Å²) in [4.78, 5) is 0. The lowest BCUT2D eigenvalue weighted by atomic mass is 9.94. The van der Waals surface area contributed by atoms with Crippen LogP contribution in [-0.4, -0.2) is 24.6 Å². The minimum Gasteiger partial charge on any atom is -0.316 e. The van der Waals surface area contributed by atoms with E-state index >= 15 is 0 Å². The van der Waals surface area contributed by atoms with Gasteiger partial charge in [-0.1, -0.05) is 26.0 Å². The molecule has 0 bridgehead atoms. The minimum atomic E-state index is 0.840. The summed E-state index contributed by atoms with van der Waals surface area (Å²) in [7, 11) is 0. The molecule has 0 aromatic carbocycles. The Kier molecular flexibility index (Phi) is 8.04. The summed E-state index contributed by atoms with van der Waals surface area (Å²) in [5, 5.41) is 3.60. The van der Waals surface area contributed by atoms with Gasteiger partial charge in [0.15, 0.2) is 0 Å². The van der Waals surface area contributed by atoms with Gasteiger partial charge in [-0.05, 0) is 62.1 Å². The van der Waals surface area contributed by atoms with Crippen LogP contribution >= 0.6 is 11.8 Å². The second-order valence-corrected chi connectivity index (χ2v) is 6.33. The molecule has 1 N–H and O–H groups in total. The van der Waals surface area contributed by atoms with Crippen molar-refractivity contribution in [1.82, 2.24) is 5.32 Å². The molecule has 1 rings (SSSR count). The quantitative estimate of drug-likeness (QED) is 0.513. The topological polar surface area (TPSA) is 12.0 Å². The van der Waals surface area contributed by atoms with Crippen LogP contribution in [0, 0.1) is 11.8 Å². The molecule has 0 spiro atoms. The summed E-state index contributed by atoms with van der Waals surface area (Å²) in [5.74, 6) is 4.36. The van der Waals surface area contributed by atoms with E-state index in [1.165, 1.54) is 50.3 Å². The highest BCUT2D eigenvalue weighted by Gasteiger charge is 2.08. The van der Waals surface area contributed by atoms with Crippen molar-refractivity contribution in [3.63, 3.8) is 0 Å². The van der Waals surface area contributed by atoms with Gasteiger partial charge in [0.2, 0.25) is 0 Å². The lowest BCUT2D eigenvalue weighted by molar-refractivity contribution is 0.442. The van der Waals surface area contributed by atoms with Crippen molar-refractivity contribution in [3.05, 3.63) is 12.2 Å². The van der Waals surface area contributed by atoms with E-state index in [-0.39, 0.29) is 0 Å². The zero-order chi connectivity index (χ0) is 11.6. The molecule has 0 saturated carbocycles. The molecule has 0 radical (unpaired) electrons. The van der Waals surface area contributed by atoms with Gasteiger partial charge in [0.1, 0.15) is 0 Å². The Balaban J connectivity index is 1.82. The first-order valence-corrected chi connectivity index (χ1v) is 7.88. The molecule has 1 atom stereocenters. The van der Waals surface area contributed by atoms with Crippen LogP contribution in [0.5, 0.6) is 0 Å². The van der Waals surface area contributed by atoms with E-state index in [0.29, 0.717) is 0 Å². The standard InChI is InChI=1S/C14H27NS/c1-13(2)12-16-10-6-9-15-11-14-7-4-3-5-8-14/h3-4,13-15H,5-12H2,1-2H3. The van der Waals surface area contributed by atoms with E-state index in [2.05, 4.69) is 43.1 Å². The van der Waals surface area contributed by atoms with Crippen molar-refractivity contribution in [2.45, 2.75) is 39.5 Å². The fourth-order valence-corrected chi connectivity index (χ4v) is 2.95. The molecular weight excluding hydrogens is 214 g/mol. The number of rotatable bonds is 8. The molecular formula is C14H27NS. The fourth-order valence-electron chi connectivity index (χ4n) is 1.97. The van der Waals surface area contributed by atoms with Gasteiger partial charge in [-0.15, -0.1) is 0 Å². The maximum atomic E-state index is 3.60. The van der Waals surface area contributed by atoms with Crippen LogP contribution in [-0.2, 0) is 0 Å². The number of thioether (sulfide) groups is 1. The summed E-state index contributed by atoms with van der Waals surface area (Å²) in [5.41, 5.74) is 0. The summed E-state index contributed by atoms with van der Waals surface area (Å²) in [6.07, 6.45) is 9.94. The fraction of sp³-hybridized carbons (Fsp3) is 0.857. The van der Waals surface area contributed by atoms with E-state index < -0.39 is 0 Å². The average Bonchev–Trinajstić information content (AvgIpc) is 2.29. The van der Waals surface area contributed by atoms with Gasteiger partial charge >= 0.3 is 0 Å². The monoisotopic (exact) mass is 241 g/mol. The lowest BCUT2D eigenvalue weighted by Gasteiger charge is -2.18. The Morgan fingerprint density at radius 3 is 2.94 bits per heavy atom. The molecule has 0 aromatic rings. The minimum absolute atomic E-state index is 0.840. The first kappa shape index (κ1) is 14.1. The smallest absolute Gasteiger partial charge is 0.00174 e. The Bertz CT molecular complexity index is 189. The van der Waals surface area contributed by atoms with Crippen molar-refractivity contribution in [3.8, 4) is 0 Å². The predicted octanol–water partition coefficient (Wildman–Crippen LogP) is 3.71. The molecule has 94 valence electrons. The van der Waals surface area contributed by atoms with Gasteiger partial charge < -0.3 is 5.32 Å². The molecule has 1 unspecified atom stereocenters. The average molecular weight is 241 g/mol. The molecule has 0 aliphatic heterocycles. The Hall–Kier alpha value is 0.0500. The summed E-state index contributed by atoms with van der Waals surface area (Å²) < 4.78 is 0. The number of hydrogen-bond donors (Lipinski definition) is 1. The third-order valence-corrected chi connectivity index (χ3v) is 4.38. The van der Waals surface area contributed by atoms with Crippen LogP contribution in [0.15, 0.2) is 12.2 Å². The van der Waals surface area contributed by atoms with Crippen LogP contribution in [0.25, 0.3) is 0 Å². The van der Waals surface area contributed by atoms with Crippen LogP contribution in [0.4, 0.5) is 0 Å². The molecule has 2 heteroatoms. The molecule has 16 heavy (non-hydrogen) atoms. The normalized spacial score (nSPS) is 20.6. The highest BCUT2D eigenvalue weighted by Crippen LogP contribution is 2.16. The number of hydrogen-bond acceptors (Lipinski definition) is 2. The molecule has 0 heterocycles. The first-order chi connectivity index (χ1) is 7.79. The summed E-state index contributed by atoms with van der Waals surface area (Å²) in [6, 6.07) is 0. The predicted molar refractivity (Wildman–Crippen MR) is 76.1 cm³/mol. The van der Waals surface area contributed by atoms with Gasteiger partial charge in [-0.3, -0.25) is 0 Å². The van der Waals surface area contributed by atoms with Gasteiger partial charge in [0, 0.05) is 0 Å². The molecule has 0 saturated heterocycles. The first-order valence-electron chi connectivity index (χ1n) is 6.72. The SMILES string of the molecule is CC(C)CSCCCNCC1CC=CCC1. The number of allylic oxidation sites excluding steroid dienone is 2. The van der Waals surface area contributed by atoms with Crippen LogP contribution in [0.3, 0.4) is 0 Å². The van der Waals surface area contributed by atoms with E-state index in [9.17, 15) is 0 Å². The molecule has 0 aromatic heterocycles. The third kappa shape index (κ3) is 7.34. The van der Waals surface area contributed by atoms with Crippen molar-refractivity contribution >= 4 is 11.8 Å². The molecule has 0 amide bonds. The maximum Gasteiger partial charge on any atom is -0.00174 e. The van der Waals surface area contributed by atoms with Crippen molar-refractivity contribution in [1.29, 1.82) is 0 Å². The summed E-state index contributed by atoms with van der Waals surface area (Å²) in [6.45, 7) is 7.01. The van der Waals surface area contributed by atoms with Gasteiger partial charge in [0.25, 0.3) is 0 Å². The van der Waals surface area contributed by atoms with Gasteiger partial charge in [0.05, 0.1) is 0 Å². The summed E-state index contributed by atoms with van der Waals surface area (Å²) >= 11 is 2.10. The Labute approximate surface area is 105 Å². The maximum absolute atomic E-state index is 3.60. The van der Waals surface area contributed by atoms with Crippen molar-refractivity contribution in [2.24, 2.45) is 11.8 Å². The zero-order valence-electron chi connectivity index (χ0n) is 10.9. The van der Waals surface area contributed by atoms with Crippen molar-refractivity contribution < 1.29 is 0 Å². The van der Waals surface area contributed by atoms with E-state index in [1.807, 2.05) is 0 Å². The van der Waals surface area contributed by atoms with E-state index in [1.54, 1.807) is 0 Å². The Morgan fingerprint density at radius 1 is 1.38 bits per heavy atom. The largest absolute Gasteiger partial charge is 0.316 e. The Morgan fingerprint density at radius 2 is 2.25 bits per heavy atom. The lowest BCUT2D eigenvalue weighted by Crippen LogP contribution is -2.24. The van der Waals surface area contributed by atoms with Crippen LogP contribution in [0.2, 0.25) is 0 Å². The van der Waals surface area contributed by atoms with Crippen LogP contribution in [0.1, 0.15) is 39.5 Å². The van der Waals surface area contributed by atoms with Crippen LogP contribution < -0.4 is 5.32 Å². The third-order valence-electron chi connectivity index (χ3n) is 2.90. The van der Waals surface area contributed by atoms with Crippen molar-refractivity contribution in [2.75, 3.05) is 24.6 Å². The number of nitrogens with one attached hydrogen (secondary N) is 1. The highest BCUT2D eigenvalue weighted by molar-refractivity contribution is 7.99. The van der Waals surface area contributed by atoms with E-state index in [0.717, 1.165) is 11.8 Å². The molecule has 0 fully saturated rings. The second kappa shape index (κ2) is 9.12. The van der Waals surface area contributed by atoms with E-state index in [4.69, 9.17) is 0 Å². The molecule has 1 aliphatic rings. The highest BCUT2D eigenvalue weighted by atomic mass is 32.2. The van der Waals surface area contributed by atoms with Gasteiger partial charge in [-0.25, -0.2) is 0 Å². The van der Waals surface area contributed by atoms with Gasteiger partial charge in [-0.2, -0.15) is 11.8 Å². The molecule has 1 nitrogen and oxygen atoms in total. The molecule has 1 aliphatic carbocycles. The zero-order valence-corrected chi connectivity index (χ0v) is 11.7. The second-order valence-electron chi connectivity index (χ2n) is 5.18.